The molecule has 1 saturated carbocycles. The monoisotopic (exact) mass is 441 g/mol. The van der Waals surface area contributed by atoms with E-state index < -0.39 is 6.10 Å². The third kappa shape index (κ3) is 4.55. The molecule has 2 saturated heterocycles. The van der Waals surface area contributed by atoms with E-state index in [-0.39, 0.29) is 11.9 Å². The van der Waals surface area contributed by atoms with Crippen molar-refractivity contribution in [2.45, 2.75) is 44.4 Å². The average molecular weight is 442 g/mol. The van der Waals surface area contributed by atoms with Crippen molar-refractivity contribution in [2.24, 2.45) is 11.8 Å². The zero-order valence-electron chi connectivity index (χ0n) is 18.6. The Morgan fingerprint density at radius 2 is 1.84 bits per heavy atom. The number of likely N-dealkylation sites (tertiary alicyclic amines) is 1. The number of halogens is 1. The van der Waals surface area contributed by atoms with Crippen molar-refractivity contribution < 1.29 is 19.0 Å². The van der Waals surface area contributed by atoms with Gasteiger partial charge in [-0.3, -0.25) is 4.90 Å². The van der Waals surface area contributed by atoms with Gasteiger partial charge >= 0.3 is 0 Å². The van der Waals surface area contributed by atoms with Crippen molar-refractivity contribution in [3.63, 3.8) is 0 Å². The number of ether oxygens (including phenoxy) is 2. The van der Waals surface area contributed by atoms with Crippen LogP contribution in [0, 0.1) is 17.7 Å². The second-order valence-electron chi connectivity index (χ2n) is 9.42. The van der Waals surface area contributed by atoms with Crippen molar-refractivity contribution in [2.75, 3.05) is 38.2 Å². The number of anilines is 1. The Morgan fingerprint density at radius 3 is 2.56 bits per heavy atom. The second kappa shape index (κ2) is 9.24. The molecule has 1 aromatic carbocycles. The zero-order valence-corrected chi connectivity index (χ0v) is 18.6. The van der Waals surface area contributed by atoms with Crippen LogP contribution < -0.4 is 14.4 Å². The van der Waals surface area contributed by atoms with Crippen LogP contribution in [0.1, 0.15) is 31.2 Å². The third-order valence-corrected chi connectivity index (χ3v) is 7.23. The molecule has 0 bridgehead atoms. The van der Waals surface area contributed by atoms with Gasteiger partial charge < -0.3 is 19.5 Å². The van der Waals surface area contributed by atoms with E-state index in [0.717, 1.165) is 45.0 Å². The fourth-order valence-corrected chi connectivity index (χ4v) is 5.53. The number of hydrogen-bond acceptors (Lipinski definition) is 6. The first-order valence-corrected chi connectivity index (χ1v) is 11.7. The molecule has 1 N–H and O–H groups in total. The molecule has 0 radical (unpaired) electrons. The van der Waals surface area contributed by atoms with Crippen molar-refractivity contribution >= 4 is 5.82 Å². The molecule has 0 unspecified atom stereocenters. The lowest BCUT2D eigenvalue weighted by molar-refractivity contribution is -0.0241. The van der Waals surface area contributed by atoms with Gasteiger partial charge in [-0.25, -0.2) is 9.37 Å². The SMILES string of the molecule is COc1ccc(CN2CCCC2)cc1O[C@@H]1C[C@@H]2CN(c3ccc(F)cn3)C[C@@H]2C[C@H]1O. The lowest BCUT2D eigenvalue weighted by atomic mass is 9.78. The van der Waals surface area contributed by atoms with Gasteiger partial charge in [-0.15, -0.1) is 0 Å². The maximum atomic E-state index is 13.2. The summed E-state index contributed by atoms with van der Waals surface area (Å²) in [4.78, 5) is 8.89. The summed E-state index contributed by atoms with van der Waals surface area (Å²) in [5.41, 5.74) is 1.21. The van der Waals surface area contributed by atoms with E-state index in [0.29, 0.717) is 29.8 Å². The first-order valence-electron chi connectivity index (χ1n) is 11.7. The highest BCUT2D eigenvalue weighted by Crippen LogP contribution is 2.40. The molecule has 2 aliphatic heterocycles. The molecule has 3 aliphatic rings. The van der Waals surface area contributed by atoms with Crippen LogP contribution in [0.2, 0.25) is 0 Å². The molecule has 0 amide bonds. The highest BCUT2D eigenvalue weighted by Gasteiger charge is 2.43. The second-order valence-corrected chi connectivity index (χ2v) is 9.42. The number of aromatic nitrogens is 1. The number of hydrogen-bond donors (Lipinski definition) is 1. The van der Waals surface area contributed by atoms with Crippen molar-refractivity contribution in [3.05, 3.63) is 47.9 Å². The van der Waals surface area contributed by atoms with Gasteiger partial charge in [-0.2, -0.15) is 0 Å². The Morgan fingerprint density at radius 1 is 1.06 bits per heavy atom. The summed E-state index contributed by atoms with van der Waals surface area (Å²) >= 11 is 0. The Bertz CT molecular complexity index is 919. The lowest BCUT2D eigenvalue weighted by Gasteiger charge is -2.35. The van der Waals surface area contributed by atoms with Gasteiger partial charge in [0.2, 0.25) is 0 Å². The van der Waals surface area contributed by atoms with Crippen LogP contribution >= 0.6 is 0 Å². The minimum absolute atomic E-state index is 0.270. The summed E-state index contributed by atoms with van der Waals surface area (Å²) in [6.45, 7) is 4.89. The topological polar surface area (TPSA) is 58.1 Å². The predicted octanol–water partition coefficient (Wildman–Crippen LogP) is 3.48. The standard InChI is InChI=1S/C25H32FN3O3/c1-31-22-6-4-17(14-28-8-2-3-9-28)10-24(22)32-23-12-19-16-29(15-18(19)11-21(23)30)25-7-5-20(26)13-27-25/h4-7,10,13,18-19,21,23,30H,2-3,8-9,11-12,14-16H2,1H3/t18-,19+,21+,23+/m0/s1. The molecule has 1 aromatic heterocycles. The molecule has 172 valence electrons. The van der Waals surface area contributed by atoms with Gasteiger partial charge in [0, 0.05) is 19.6 Å². The van der Waals surface area contributed by atoms with E-state index in [1.165, 1.54) is 30.7 Å². The van der Waals surface area contributed by atoms with Gasteiger partial charge in [-0.05, 0) is 80.4 Å². The highest BCUT2D eigenvalue weighted by molar-refractivity contribution is 5.43. The van der Waals surface area contributed by atoms with Gasteiger partial charge in [0.15, 0.2) is 11.5 Å². The molecule has 32 heavy (non-hydrogen) atoms. The van der Waals surface area contributed by atoms with E-state index in [4.69, 9.17) is 9.47 Å². The summed E-state index contributed by atoms with van der Waals surface area (Å²) in [5.74, 6) is 2.68. The number of aliphatic hydroxyl groups excluding tert-OH is 1. The van der Waals surface area contributed by atoms with Crippen LogP contribution in [-0.4, -0.2) is 60.5 Å². The third-order valence-electron chi connectivity index (χ3n) is 7.23. The van der Waals surface area contributed by atoms with E-state index in [9.17, 15) is 9.50 Å². The van der Waals surface area contributed by atoms with Crippen molar-refractivity contribution in [3.8, 4) is 11.5 Å². The smallest absolute Gasteiger partial charge is 0.162 e. The number of pyridine rings is 1. The van der Waals surface area contributed by atoms with Crippen LogP contribution in [0.15, 0.2) is 36.5 Å². The number of nitrogens with zero attached hydrogens (tertiary/aromatic N) is 3. The summed E-state index contributed by atoms with van der Waals surface area (Å²) < 4.78 is 25.2. The Labute approximate surface area is 189 Å². The van der Waals surface area contributed by atoms with Crippen LogP contribution in [-0.2, 0) is 6.54 Å². The summed E-state index contributed by atoms with van der Waals surface area (Å²) in [6, 6.07) is 9.32. The van der Waals surface area contributed by atoms with Gasteiger partial charge in [0.05, 0.1) is 19.4 Å². The quantitative estimate of drug-likeness (QED) is 0.741. The molecule has 3 fully saturated rings. The fraction of sp³-hybridized carbons (Fsp3) is 0.560. The number of aliphatic hydroxyl groups is 1. The Balaban J connectivity index is 1.27. The molecule has 0 spiro atoms. The first-order chi connectivity index (χ1) is 15.6. The molecular weight excluding hydrogens is 409 g/mol. The average Bonchev–Trinajstić information content (AvgIpc) is 3.44. The molecule has 1 aliphatic carbocycles. The van der Waals surface area contributed by atoms with Crippen LogP contribution in [0.3, 0.4) is 0 Å². The van der Waals surface area contributed by atoms with E-state index >= 15 is 0 Å². The molecule has 4 atom stereocenters. The maximum absolute atomic E-state index is 13.2. The number of fused-ring (bicyclic) bond motifs is 1. The van der Waals surface area contributed by atoms with Crippen molar-refractivity contribution in [1.29, 1.82) is 0 Å². The normalized spacial score (nSPS) is 28.0. The minimum Gasteiger partial charge on any atom is -0.493 e. The van der Waals surface area contributed by atoms with E-state index in [1.807, 2.05) is 6.07 Å². The number of rotatable bonds is 6. The van der Waals surface area contributed by atoms with Crippen molar-refractivity contribution in [1.82, 2.24) is 9.88 Å². The molecule has 3 heterocycles. The van der Waals surface area contributed by atoms with Gasteiger partial charge in [-0.1, -0.05) is 6.07 Å². The van der Waals surface area contributed by atoms with Crippen LogP contribution in [0.5, 0.6) is 11.5 Å². The molecule has 5 rings (SSSR count). The van der Waals surface area contributed by atoms with Crippen LogP contribution in [0.25, 0.3) is 0 Å². The lowest BCUT2D eigenvalue weighted by Crippen LogP contribution is -2.42. The minimum atomic E-state index is -0.524. The summed E-state index contributed by atoms with van der Waals surface area (Å²) in [6.07, 6.45) is 4.48. The predicted molar refractivity (Wildman–Crippen MR) is 121 cm³/mol. The largest absolute Gasteiger partial charge is 0.493 e. The summed E-state index contributed by atoms with van der Waals surface area (Å²) in [5, 5.41) is 10.9. The number of methoxy groups -OCH3 is 1. The summed E-state index contributed by atoms with van der Waals surface area (Å²) in [7, 11) is 1.65. The Hall–Kier alpha value is -2.38. The first kappa shape index (κ1) is 21.5. The Kier molecular flexibility index (Phi) is 6.20. The molecule has 6 nitrogen and oxygen atoms in total. The molecule has 2 aromatic rings. The van der Waals surface area contributed by atoms with E-state index in [2.05, 4.69) is 26.9 Å². The van der Waals surface area contributed by atoms with Crippen LogP contribution in [0.4, 0.5) is 10.2 Å². The van der Waals surface area contributed by atoms with Gasteiger partial charge in [0.25, 0.3) is 0 Å². The maximum Gasteiger partial charge on any atom is 0.162 e. The highest BCUT2D eigenvalue weighted by atomic mass is 19.1. The number of benzene rings is 1. The molecule has 7 heteroatoms. The fourth-order valence-electron chi connectivity index (χ4n) is 5.53. The zero-order chi connectivity index (χ0) is 22.1. The van der Waals surface area contributed by atoms with E-state index in [1.54, 1.807) is 13.2 Å². The van der Waals surface area contributed by atoms with Gasteiger partial charge in [0.1, 0.15) is 17.7 Å². The molecular formula is C25H32FN3O3.